The zero-order chi connectivity index (χ0) is 13.7. The molecule has 0 saturated carbocycles. The van der Waals surface area contributed by atoms with E-state index >= 15 is 0 Å². The van der Waals surface area contributed by atoms with Gasteiger partial charge in [-0.25, -0.2) is 0 Å². The van der Waals surface area contributed by atoms with Crippen LogP contribution in [0.4, 0.5) is 0 Å². The lowest BCUT2D eigenvalue weighted by Gasteiger charge is -2.33. The molecule has 1 fully saturated rings. The van der Waals surface area contributed by atoms with Gasteiger partial charge in [0, 0.05) is 18.7 Å². The number of hydrogen-bond acceptors (Lipinski definition) is 3. The van der Waals surface area contributed by atoms with Gasteiger partial charge in [-0.2, -0.15) is 0 Å². The Kier molecular flexibility index (Phi) is 5.19. The number of methoxy groups -OCH3 is 1. The molecule has 2 rings (SSSR count). The van der Waals surface area contributed by atoms with Gasteiger partial charge >= 0.3 is 0 Å². The van der Waals surface area contributed by atoms with E-state index in [0.717, 1.165) is 5.56 Å². The van der Waals surface area contributed by atoms with Crippen molar-refractivity contribution >= 4 is 17.5 Å². The summed E-state index contributed by atoms with van der Waals surface area (Å²) in [5, 5.41) is 0.701. The molecule has 1 heterocycles. The Hall–Kier alpha value is -1.10. The molecule has 4 nitrogen and oxygen atoms in total. The Balaban J connectivity index is 1.96. The Morgan fingerprint density at radius 1 is 1.47 bits per heavy atom. The van der Waals surface area contributed by atoms with Gasteiger partial charge in [-0.05, 0) is 17.7 Å². The smallest absolute Gasteiger partial charge is 0.225 e. The van der Waals surface area contributed by atoms with E-state index in [-0.39, 0.29) is 12.0 Å². The van der Waals surface area contributed by atoms with Gasteiger partial charge in [-0.15, -0.1) is 0 Å². The number of hydrogen-bond donors (Lipinski definition) is 0. The van der Waals surface area contributed by atoms with Crippen molar-refractivity contribution in [2.75, 3.05) is 33.4 Å². The first-order chi connectivity index (χ1) is 9.20. The van der Waals surface area contributed by atoms with E-state index in [1.165, 1.54) is 0 Å². The van der Waals surface area contributed by atoms with Crippen LogP contribution in [0.2, 0.25) is 5.02 Å². The normalized spacial score (nSPS) is 19.5. The molecular weight excluding hydrogens is 266 g/mol. The minimum atomic E-state index is -0.0717. The predicted octanol–water partition coefficient (Wildman–Crippen LogP) is 2.28. The molecule has 1 atom stereocenters. The molecule has 1 aromatic carbocycles. The molecule has 19 heavy (non-hydrogen) atoms. The molecule has 0 radical (unpaired) electrons. The number of carbonyl (C=O) groups is 1. The number of morpholine rings is 1. The molecule has 1 aliphatic rings. The number of ether oxygens (including phenoxy) is 2. The van der Waals surface area contributed by atoms with Crippen molar-refractivity contribution in [1.29, 1.82) is 0 Å². The minimum Gasteiger partial charge on any atom is -0.384 e. The summed E-state index contributed by atoms with van der Waals surface area (Å²) < 4.78 is 10.7. The van der Waals surface area contributed by atoms with E-state index in [1.807, 2.05) is 29.2 Å². The number of nitrogens with zero attached hydrogens (tertiary/aromatic N) is 1. The quantitative estimate of drug-likeness (QED) is 0.851. The number of halogens is 1. The first kappa shape index (κ1) is 14.3. The molecule has 0 aromatic heterocycles. The van der Waals surface area contributed by atoms with Crippen molar-refractivity contribution < 1.29 is 14.3 Å². The summed E-state index contributed by atoms with van der Waals surface area (Å²) in [5.41, 5.74) is 1.05. The highest BCUT2D eigenvalue weighted by molar-refractivity contribution is 6.30. The predicted molar refractivity (Wildman–Crippen MR) is 73.2 cm³/mol. The Bertz CT molecular complexity index is 421. The van der Waals surface area contributed by atoms with Crippen LogP contribution in [0, 0.1) is 0 Å². The number of carbonyl (C=O) groups excluding carboxylic acids is 1. The molecular formula is C14H18ClNO3. The summed E-state index contributed by atoms with van der Waals surface area (Å²) in [6.45, 7) is 2.25. The Morgan fingerprint density at radius 2 is 2.21 bits per heavy atom. The maximum Gasteiger partial charge on any atom is 0.225 e. The average molecular weight is 284 g/mol. The lowest BCUT2D eigenvalue weighted by molar-refractivity contribution is -0.139. The van der Waals surface area contributed by atoms with E-state index in [4.69, 9.17) is 21.1 Å². The third kappa shape index (κ3) is 3.93. The largest absolute Gasteiger partial charge is 0.384 e. The van der Waals surface area contributed by atoms with Crippen LogP contribution in [0.3, 0.4) is 0 Å². The molecule has 5 heteroatoms. The SMILES string of the molecule is COCCC(=O)N1CCOC(c2ccc(Cl)cc2)C1. The summed E-state index contributed by atoms with van der Waals surface area (Å²) >= 11 is 5.87. The van der Waals surface area contributed by atoms with E-state index < -0.39 is 0 Å². The fraction of sp³-hybridized carbons (Fsp3) is 0.500. The molecule has 0 bridgehead atoms. The molecule has 0 N–H and O–H groups in total. The number of amides is 1. The van der Waals surface area contributed by atoms with Gasteiger partial charge in [0.05, 0.1) is 26.2 Å². The average Bonchev–Trinajstić information content (AvgIpc) is 2.45. The van der Waals surface area contributed by atoms with Crippen LogP contribution >= 0.6 is 11.6 Å². The minimum absolute atomic E-state index is 0.0717. The van der Waals surface area contributed by atoms with Crippen LogP contribution in [0.5, 0.6) is 0 Å². The van der Waals surface area contributed by atoms with Crippen molar-refractivity contribution in [2.24, 2.45) is 0 Å². The number of rotatable bonds is 4. The third-order valence-corrected chi connectivity index (χ3v) is 3.43. The topological polar surface area (TPSA) is 38.8 Å². The van der Waals surface area contributed by atoms with Gasteiger partial charge < -0.3 is 14.4 Å². The van der Waals surface area contributed by atoms with Crippen LogP contribution in [0.25, 0.3) is 0 Å². The van der Waals surface area contributed by atoms with Gasteiger partial charge in [0.15, 0.2) is 0 Å². The highest BCUT2D eigenvalue weighted by atomic mass is 35.5. The van der Waals surface area contributed by atoms with Crippen molar-refractivity contribution in [3.05, 3.63) is 34.9 Å². The molecule has 104 valence electrons. The van der Waals surface area contributed by atoms with Crippen LogP contribution in [-0.4, -0.2) is 44.2 Å². The second-order valence-electron chi connectivity index (χ2n) is 4.49. The van der Waals surface area contributed by atoms with Crippen LogP contribution in [0.15, 0.2) is 24.3 Å². The maximum atomic E-state index is 12.0. The summed E-state index contributed by atoms with van der Waals surface area (Å²) in [4.78, 5) is 13.8. The van der Waals surface area contributed by atoms with Crippen LogP contribution in [0.1, 0.15) is 18.1 Å². The van der Waals surface area contributed by atoms with E-state index in [2.05, 4.69) is 0 Å². The molecule has 0 spiro atoms. The zero-order valence-corrected chi connectivity index (χ0v) is 11.7. The van der Waals surface area contributed by atoms with E-state index in [9.17, 15) is 4.79 Å². The fourth-order valence-electron chi connectivity index (χ4n) is 2.10. The zero-order valence-electron chi connectivity index (χ0n) is 11.0. The third-order valence-electron chi connectivity index (χ3n) is 3.18. The summed E-state index contributed by atoms with van der Waals surface area (Å²) in [6.07, 6.45) is 0.349. The molecule has 0 aliphatic carbocycles. The van der Waals surface area contributed by atoms with Crippen molar-refractivity contribution in [1.82, 2.24) is 4.90 Å². The lowest BCUT2D eigenvalue weighted by atomic mass is 10.1. The van der Waals surface area contributed by atoms with E-state index in [0.29, 0.717) is 37.7 Å². The summed E-state index contributed by atoms with van der Waals surface area (Å²) in [6, 6.07) is 7.56. The van der Waals surface area contributed by atoms with Gasteiger partial charge in [0.1, 0.15) is 6.10 Å². The van der Waals surface area contributed by atoms with Gasteiger partial charge in [-0.3, -0.25) is 4.79 Å². The lowest BCUT2D eigenvalue weighted by Crippen LogP contribution is -2.42. The van der Waals surface area contributed by atoms with Gasteiger partial charge in [0.2, 0.25) is 5.91 Å². The standard InChI is InChI=1S/C14H18ClNO3/c1-18-8-6-14(17)16-7-9-19-13(10-16)11-2-4-12(15)5-3-11/h2-5,13H,6-10H2,1H3. The molecule has 1 amide bonds. The number of benzene rings is 1. The molecule has 1 unspecified atom stereocenters. The first-order valence-electron chi connectivity index (χ1n) is 6.34. The van der Waals surface area contributed by atoms with Crippen LogP contribution < -0.4 is 0 Å². The second kappa shape index (κ2) is 6.89. The monoisotopic (exact) mass is 283 g/mol. The maximum absolute atomic E-state index is 12.0. The fourth-order valence-corrected chi connectivity index (χ4v) is 2.23. The van der Waals surface area contributed by atoms with E-state index in [1.54, 1.807) is 7.11 Å². The van der Waals surface area contributed by atoms with Crippen molar-refractivity contribution in [3.63, 3.8) is 0 Å². The highest BCUT2D eigenvalue weighted by Crippen LogP contribution is 2.23. The summed E-state index contributed by atoms with van der Waals surface area (Å²) in [7, 11) is 1.60. The van der Waals surface area contributed by atoms with Crippen LogP contribution in [-0.2, 0) is 14.3 Å². The first-order valence-corrected chi connectivity index (χ1v) is 6.72. The highest BCUT2D eigenvalue weighted by Gasteiger charge is 2.24. The van der Waals surface area contributed by atoms with Crippen molar-refractivity contribution in [3.8, 4) is 0 Å². The van der Waals surface area contributed by atoms with Crippen molar-refractivity contribution in [2.45, 2.75) is 12.5 Å². The Morgan fingerprint density at radius 3 is 2.89 bits per heavy atom. The van der Waals surface area contributed by atoms with Gasteiger partial charge in [0.25, 0.3) is 0 Å². The Labute approximate surface area is 118 Å². The van der Waals surface area contributed by atoms with Gasteiger partial charge in [-0.1, -0.05) is 23.7 Å². The molecule has 1 aromatic rings. The second-order valence-corrected chi connectivity index (χ2v) is 4.93. The summed E-state index contributed by atoms with van der Waals surface area (Å²) in [5.74, 6) is 0.115. The molecule has 1 saturated heterocycles. The molecule has 1 aliphatic heterocycles.